The third-order valence-corrected chi connectivity index (χ3v) is 3.11. The highest BCUT2D eigenvalue weighted by Crippen LogP contribution is 2.24. The third kappa shape index (κ3) is 2.44. The third-order valence-electron chi connectivity index (χ3n) is 2.86. The van der Waals surface area contributed by atoms with Crippen LogP contribution >= 0.6 is 11.6 Å². The number of carboxylic acids is 1. The Balaban J connectivity index is 2.46. The molecule has 0 spiro atoms. The molecule has 0 aliphatic carbocycles. The van der Waals surface area contributed by atoms with Gasteiger partial charge < -0.3 is 9.67 Å². The number of nitrogens with zero attached hydrogens (tertiary/aromatic N) is 1. The van der Waals surface area contributed by atoms with Gasteiger partial charge in [-0.15, -0.1) is 11.6 Å². The second-order valence-electron chi connectivity index (χ2n) is 4.16. The first kappa shape index (κ1) is 12.0. The maximum atomic E-state index is 10.6. The maximum absolute atomic E-state index is 10.6. The first-order chi connectivity index (χ1) is 8.11. The van der Waals surface area contributed by atoms with E-state index in [0.717, 1.165) is 16.5 Å². The van der Waals surface area contributed by atoms with Gasteiger partial charge in [-0.1, -0.05) is 11.6 Å². The highest BCUT2D eigenvalue weighted by Gasteiger charge is 2.09. The predicted octanol–water partition coefficient (Wildman–Crippen LogP) is 3.16. The van der Waals surface area contributed by atoms with Crippen LogP contribution in [0.4, 0.5) is 0 Å². The predicted molar refractivity (Wildman–Crippen MR) is 68.5 cm³/mol. The summed E-state index contributed by atoms with van der Waals surface area (Å²) in [4.78, 5) is 10.6. The summed E-state index contributed by atoms with van der Waals surface area (Å²) in [6.07, 6.45) is 2.63. The number of aryl methyl sites for hydroxylation is 2. The minimum atomic E-state index is -0.774. The summed E-state index contributed by atoms with van der Waals surface area (Å²) < 4.78 is 1.94. The monoisotopic (exact) mass is 251 g/mol. The Morgan fingerprint density at radius 3 is 2.88 bits per heavy atom. The van der Waals surface area contributed by atoms with Crippen molar-refractivity contribution < 1.29 is 9.90 Å². The molecule has 1 N–H and O–H groups in total. The number of hydrogen-bond donors (Lipinski definition) is 1. The van der Waals surface area contributed by atoms with Gasteiger partial charge in [-0.2, -0.15) is 0 Å². The number of carbonyl (C=O) groups is 1. The quantitative estimate of drug-likeness (QED) is 0.848. The van der Waals surface area contributed by atoms with Gasteiger partial charge in [-0.3, -0.25) is 4.79 Å². The summed E-state index contributed by atoms with van der Waals surface area (Å²) >= 11 is 5.87. The van der Waals surface area contributed by atoms with Crippen molar-refractivity contribution in [2.45, 2.75) is 25.8 Å². The van der Waals surface area contributed by atoms with Crippen LogP contribution in [0.3, 0.4) is 0 Å². The molecule has 0 bridgehead atoms. The number of benzene rings is 1. The number of hydrogen-bond acceptors (Lipinski definition) is 1. The Bertz CT molecular complexity index is 560. The molecule has 0 fully saturated rings. The SMILES string of the molecule is Cc1ccc2c(c1)c(CCC(=O)O)cn2CCl. The van der Waals surface area contributed by atoms with Gasteiger partial charge in [0.15, 0.2) is 0 Å². The Labute approximate surface area is 105 Å². The zero-order chi connectivity index (χ0) is 12.4. The zero-order valence-electron chi connectivity index (χ0n) is 9.61. The van der Waals surface area contributed by atoms with Gasteiger partial charge in [0, 0.05) is 23.5 Å². The Kier molecular flexibility index (Phi) is 3.38. The molecule has 2 rings (SSSR count). The summed E-state index contributed by atoms with van der Waals surface area (Å²) in [6, 6.07) is 6.52. The Hall–Kier alpha value is -1.48. The lowest BCUT2D eigenvalue weighted by Gasteiger charge is -1.99. The smallest absolute Gasteiger partial charge is 0.303 e. The normalized spacial score (nSPS) is 10.9. The van der Waals surface area contributed by atoms with E-state index in [9.17, 15) is 4.79 Å². The maximum Gasteiger partial charge on any atom is 0.303 e. The van der Waals surface area contributed by atoms with Crippen LogP contribution in [0.15, 0.2) is 24.4 Å². The molecule has 0 saturated carbocycles. The number of carboxylic acid groups (broad SMARTS) is 1. The molecule has 0 amide bonds. The zero-order valence-corrected chi connectivity index (χ0v) is 10.4. The molecule has 90 valence electrons. The van der Waals surface area contributed by atoms with Crippen molar-refractivity contribution in [2.24, 2.45) is 0 Å². The van der Waals surface area contributed by atoms with Crippen LogP contribution in [0.5, 0.6) is 0 Å². The fourth-order valence-electron chi connectivity index (χ4n) is 2.02. The van der Waals surface area contributed by atoms with Crippen LogP contribution in [-0.4, -0.2) is 15.6 Å². The van der Waals surface area contributed by atoms with Gasteiger partial charge >= 0.3 is 5.97 Å². The Morgan fingerprint density at radius 2 is 2.24 bits per heavy atom. The highest BCUT2D eigenvalue weighted by molar-refractivity contribution is 6.16. The fourth-order valence-corrected chi connectivity index (χ4v) is 2.22. The number of rotatable bonds is 4. The van der Waals surface area contributed by atoms with Crippen molar-refractivity contribution in [3.63, 3.8) is 0 Å². The lowest BCUT2D eigenvalue weighted by Crippen LogP contribution is -1.96. The van der Waals surface area contributed by atoms with Crippen molar-refractivity contribution in [1.82, 2.24) is 4.57 Å². The number of alkyl halides is 1. The van der Waals surface area contributed by atoms with Gasteiger partial charge in [0.2, 0.25) is 0 Å². The minimum absolute atomic E-state index is 0.148. The average Bonchev–Trinajstić information content (AvgIpc) is 2.63. The Morgan fingerprint density at radius 1 is 1.47 bits per heavy atom. The number of aliphatic carboxylic acids is 1. The van der Waals surface area contributed by atoms with Crippen molar-refractivity contribution in [3.05, 3.63) is 35.5 Å². The van der Waals surface area contributed by atoms with Crippen LogP contribution in [-0.2, 0) is 17.2 Å². The van der Waals surface area contributed by atoms with Crippen molar-refractivity contribution in [3.8, 4) is 0 Å². The standard InChI is InChI=1S/C13H14ClNO2/c1-9-2-4-12-11(6-9)10(3-5-13(16)17)7-15(12)8-14/h2,4,6-7H,3,5,8H2,1H3,(H,16,17). The summed E-state index contributed by atoms with van der Waals surface area (Å²) in [5.74, 6) is -0.774. The summed E-state index contributed by atoms with van der Waals surface area (Å²) in [5.41, 5.74) is 3.28. The minimum Gasteiger partial charge on any atom is -0.481 e. The summed E-state index contributed by atoms with van der Waals surface area (Å²) in [7, 11) is 0. The first-order valence-electron chi connectivity index (χ1n) is 5.48. The van der Waals surface area contributed by atoms with Crippen LogP contribution < -0.4 is 0 Å². The van der Waals surface area contributed by atoms with Gasteiger partial charge in [-0.25, -0.2) is 0 Å². The molecule has 2 aromatic rings. The van der Waals surface area contributed by atoms with E-state index in [-0.39, 0.29) is 6.42 Å². The molecule has 1 aromatic carbocycles. The number of aromatic nitrogens is 1. The van der Waals surface area contributed by atoms with Crippen LogP contribution in [0.25, 0.3) is 10.9 Å². The van der Waals surface area contributed by atoms with Crippen LogP contribution in [0.2, 0.25) is 0 Å². The lowest BCUT2D eigenvalue weighted by atomic mass is 10.1. The van der Waals surface area contributed by atoms with E-state index < -0.39 is 5.97 Å². The lowest BCUT2D eigenvalue weighted by molar-refractivity contribution is -0.136. The van der Waals surface area contributed by atoms with Gasteiger partial charge in [0.25, 0.3) is 0 Å². The molecular weight excluding hydrogens is 238 g/mol. The number of halogens is 1. The molecule has 0 aliphatic rings. The summed E-state index contributed by atoms with van der Waals surface area (Å²) in [6.45, 7) is 2.03. The highest BCUT2D eigenvalue weighted by atomic mass is 35.5. The molecule has 0 radical (unpaired) electrons. The number of fused-ring (bicyclic) bond motifs is 1. The molecule has 1 heterocycles. The van der Waals surface area contributed by atoms with E-state index in [4.69, 9.17) is 16.7 Å². The van der Waals surface area contributed by atoms with Crippen molar-refractivity contribution in [2.75, 3.05) is 0 Å². The van der Waals surface area contributed by atoms with Crippen molar-refractivity contribution in [1.29, 1.82) is 0 Å². The largest absolute Gasteiger partial charge is 0.481 e. The molecule has 3 nitrogen and oxygen atoms in total. The van der Waals surface area contributed by atoms with E-state index >= 15 is 0 Å². The van der Waals surface area contributed by atoms with E-state index in [0.29, 0.717) is 12.4 Å². The molecule has 4 heteroatoms. The van der Waals surface area contributed by atoms with E-state index in [1.807, 2.05) is 29.8 Å². The van der Waals surface area contributed by atoms with Crippen molar-refractivity contribution >= 4 is 28.5 Å². The fraction of sp³-hybridized carbons (Fsp3) is 0.308. The summed E-state index contributed by atoms with van der Waals surface area (Å²) in [5, 5.41) is 9.84. The molecule has 0 saturated heterocycles. The van der Waals surface area contributed by atoms with Gasteiger partial charge in [0.05, 0.1) is 6.00 Å². The molecular formula is C13H14ClNO2. The molecule has 0 unspecified atom stereocenters. The van der Waals surface area contributed by atoms with Gasteiger partial charge in [-0.05, 0) is 31.0 Å². The van der Waals surface area contributed by atoms with Crippen LogP contribution in [0.1, 0.15) is 17.5 Å². The van der Waals surface area contributed by atoms with E-state index in [1.54, 1.807) is 0 Å². The molecule has 1 aromatic heterocycles. The topological polar surface area (TPSA) is 42.2 Å². The van der Waals surface area contributed by atoms with E-state index in [2.05, 4.69) is 6.07 Å². The second kappa shape index (κ2) is 4.80. The molecule has 17 heavy (non-hydrogen) atoms. The van der Waals surface area contributed by atoms with E-state index in [1.165, 1.54) is 5.56 Å². The molecule has 0 aliphatic heterocycles. The molecule has 0 atom stereocenters. The second-order valence-corrected chi connectivity index (χ2v) is 4.40. The van der Waals surface area contributed by atoms with Gasteiger partial charge in [0.1, 0.15) is 0 Å². The van der Waals surface area contributed by atoms with Crippen LogP contribution in [0, 0.1) is 6.92 Å². The average molecular weight is 252 g/mol. The first-order valence-corrected chi connectivity index (χ1v) is 6.01.